The van der Waals surface area contributed by atoms with Crippen LogP contribution in [0.4, 0.5) is 13.2 Å². The molecular formula is C32H35F3N8O3. The summed E-state index contributed by atoms with van der Waals surface area (Å²) >= 11 is 0. The maximum atomic E-state index is 12.8. The minimum Gasteiger partial charge on any atom is -0.406 e. The first kappa shape index (κ1) is 32.5. The number of hydrogen-bond donors (Lipinski definition) is 4. The normalized spacial score (nSPS) is 15.7. The van der Waals surface area contributed by atoms with E-state index in [1.54, 1.807) is 55.2 Å². The maximum absolute atomic E-state index is 12.8. The quantitative estimate of drug-likeness (QED) is 0.191. The van der Waals surface area contributed by atoms with Crippen molar-refractivity contribution in [3.8, 4) is 5.75 Å². The van der Waals surface area contributed by atoms with Gasteiger partial charge in [-0.3, -0.25) is 19.9 Å². The lowest BCUT2D eigenvalue weighted by Crippen LogP contribution is -2.23. The fourth-order valence-corrected chi connectivity index (χ4v) is 4.97. The van der Waals surface area contributed by atoms with Crippen molar-refractivity contribution >= 4 is 23.0 Å². The Hall–Kier alpha value is -4.85. The number of aliphatic hydroxyl groups is 1. The van der Waals surface area contributed by atoms with Gasteiger partial charge in [0.25, 0.3) is 5.91 Å². The van der Waals surface area contributed by atoms with Crippen LogP contribution in [-0.2, 0) is 18.7 Å². The molecule has 3 heterocycles. The summed E-state index contributed by atoms with van der Waals surface area (Å²) < 4.78 is 44.2. The largest absolute Gasteiger partial charge is 0.573 e. The van der Waals surface area contributed by atoms with E-state index >= 15 is 0 Å². The molecule has 1 aliphatic heterocycles. The van der Waals surface area contributed by atoms with Crippen molar-refractivity contribution in [1.29, 1.82) is 5.41 Å². The van der Waals surface area contributed by atoms with Crippen molar-refractivity contribution in [2.24, 2.45) is 16.6 Å². The van der Waals surface area contributed by atoms with E-state index in [9.17, 15) is 23.1 Å². The number of nitrogens with zero attached hydrogens (tertiary/aromatic N) is 5. The molecule has 1 fully saturated rings. The number of halogens is 3. The van der Waals surface area contributed by atoms with Gasteiger partial charge in [-0.15, -0.1) is 18.3 Å². The molecule has 5 rings (SSSR count). The minimum atomic E-state index is -4.82. The second kappa shape index (κ2) is 13.3. The van der Waals surface area contributed by atoms with Gasteiger partial charge in [0.1, 0.15) is 11.4 Å². The van der Waals surface area contributed by atoms with E-state index in [-0.39, 0.29) is 35.6 Å². The number of hydrogen-bond acceptors (Lipinski definition) is 8. The number of aryl methyl sites for hydroxylation is 1. The summed E-state index contributed by atoms with van der Waals surface area (Å²) in [5, 5.41) is 29.3. The SMILES string of the molecule is CC(C)(O)c1ccc(CNC(=O)c2cn(CCCCC(N)=CC3=C(c4cccc(OC(F)(F)F)c4)C(C4CC4)=NC3=N)nn2)cn1. The summed E-state index contributed by atoms with van der Waals surface area (Å²) in [6.45, 7) is 4.04. The second-order valence-electron chi connectivity index (χ2n) is 11.8. The number of allylic oxidation sites excluding steroid dienone is 2. The Kier molecular flexibility index (Phi) is 9.37. The van der Waals surface area contributed by atoms with Gasteiger partial charge in [0.15, 0.2) is 11.5 Å². The highest BCUT2D eigenvalue weighted by Gasteiger charge is 2.36. The van der Waals surface area contributed by atoms with Gasteiger partial charge in [0.2, 0.25) is 0 Å². The zero-order valence-corrected chi connectivity index (χ0v) is 25.4. The molecule has 0 atom stereocenters. The molecule has 2 aliphatic rings. The zero-order chi connectivity index (χ0) is 33.1. The average molecular weight is 637 g/mol. The van der Waals surface area contributed by atoms with Gasteiger partial charge in [0, 0.05) is 42.0 Å². The first-order valence-corrected chi connectivity index (χ1v) is 14.9. The summed E-state index contributed by atoms with van der Waals surface area (Å²) in [7, 11) is 0. The number of nitrogens with two attached hydrogens (primary N) is 1. The fraction of sp³-hybridized carbons (Fsp3) is 0.375. The highest BCUT2D eigenvalue weighted by molar-refractivity contribution is 6.39. The minimum absolute atomic E-state index is 0.0257. The van der Waals surface area contributed by atoms with Crippen LogP contribution in [0.1, 0.15) is 73.3 Å². The molecule has 0 spiro atoms. The molecule has 46 heavy (non-hydrogen) atoms. The number of carbonyl (C=O) groups is 1. The molecule has 2 aromatic heterocycles. The van der Waals surface area contributed by atoms with Crippen LogP contribution in [0.25, 0.3) is 5.57 Å². The smallest absolute Gasteiger partial charge is 0.406 e. The van der Waals surface area contributed by atoms with Crippen LogP contribution >= 0.6 is 0 Å². The predicted molar refractivity (Wildman–Crippen MR) is 165 cm³/mol. The Morgan fingerprint density at radius 1 is 1.22 bits per heavy atom. The van der Waals surface area contributed by atoms with E-state index in [2.05, 4.69) is 30.3 Å². The first-order valence-electron chi connectivity index (χ1n) is 14.9. The third-order valence-corrected chi connectivity index (χ3v) is 7.44. The number of amidine groups is 1. The van der Waals surface area contributed by atoms with Crippen LogP contribution < -0.4 is 15.8 Å². The molecule has 11 nitrogen and oxygen atoms in total. The average Bonchev–Trinajstić information content (AvgIpc) is 3.64. The van der Waals surface area contributed by atoms with E-state index in [0.29, 0.717) is 59.6 Å². The molecule has 1 amide bonds. The summed E-state index contributed by atoms with van der Waals surface area (Å²) in [4.78, 5) is 21.2. The fourth-order valence-electron chi connectivity index (χ4n) is 4.97. The Bertz CT molecular complexity index is 1700. The van der Waals surface area contributed by atoms with Crippen molar-refractivity contribution < 1.29 is 27.8 Å². The number of rotatable bonds is 13. The maximum Gasteiger partial charge on any atom is 0.573 e. The number of ether oxygens (including phenoxy) is 1. The predicted octanol–water partition coefficient (Wildman–Crippen LogP) is 5.04. The lowest BCUT2D eigenvalue weighted by atomic mass is 9.94. The number of alkyl halides is 3. The summed E-state index contributed by atoms with van der Waals surface area (Å²) in [5.74, 6) is -0.535. The van der Waals surface area contributed by atoms with Crippen molar-refractivity contribution in [2.45, 2.75) is 71.0 Å². The van der Waals surface area contributed by atoms with Crippen LogP contribution in [-0.4, -0.2) is 48.9 Å². The number of amides is 1. The lowest BCUT2D eigenvalue weighted by Gasteiger charge is -2.16. The third kappa shape index (κ3) is 8.44. The molecule has 3 aromatic rings. The molecule has 14 heteroatoms. The second-order valence-corrected chi connectivity index (χ2v) is 11.8. The van der Waals surface area contributed by atoms with Crippen LogP contribution in [0.3, 0.4) is 0 Å². The topological polar surface area (TPSA) is 164 Å². The molecule has 0 unspecified atom stereocenters. The van der Waals surface area contributed by atoms with Crippen LogP contribution in [0, 0.1) is 11.3 Å². The van der Waals surface area contributed by atoms with Crippen molar-refractivity contribution in [1.82, 2.24) is 25.3 Å². The molecule has 0 radical (unpaired) electrons. The van der Waals surface area contributed by atoms with Gasteiger partial charge in [-0.25, -0.2) is 4.99 Å². The molecule has 5 N–H and O–H groups in total. The number of carbonyl (C=O) groups excluding carboxylic acids is 1. The molecule has 1 saturated carbocycles. The molecule has 1 aliphatic carbocycles. The third-order valence-electron chi connectivity index (χ3n) is 7.44. The monoisotopic (exact) mass is 636 g/mol. The van der Waals surface area contributed by atoms with E-state index in [1.165, 1.54) is 18.2 Å². The molecule has 242 valence electrons. The molecule has 0 bridgehead atoms. The summed E-state index contributed by atoms with van der Waals surface area (Å²) in [5.41, 5.74) is 9.54. The van der Waals surface area contributed by atoms with E-state index in [0.717, 1.165) is 18.4 Å². The summed E-state index contributed by atoms with van der Waals surface area (Å²) in [6, 6.07) is 9.20. The van der Waals surface area contributed by atoms with Gasteiger partial charge in [-0.2, -0.15) is 0 Å². The lowest BCUT2D eigenvalue weighted by molar-refractivity contribution is -0.274. The van der Waals surface area contributed by atoms with Crippen LogP contribution in [0.2, 0.25) is 0 Å². The standard InChI is InChI=1S/C32H35F3N8O3/c1-31(2,45)26-12-9-19(16-38-26)17-39-30(44)25-18-43(42-41-25)13-4-3-7-22(36)15-24-27(28(20-10-11-20)40-29(24)37)21-6-5-8-23(14-21)46-32(33,34)35/h5-6,8-9,12,14-16,18,20,37,45H,3-4,7,10-11,13,17,36H2,1-2H3,(H,39,44). The number of benzene rings is 1. The highest BCUT2D eigenvalue weighted by Crippen LogP contribution is 2.42. The first-order chi connectivity index (χ1) is 21.8. The van der Waals surface area contributed by atoms with Gasteiger partial charge in [-0.05, 0) is 81.4 Å². The summed E-state index contributed by atoms with van der Waals surface area (Å²) in [6.07, 6.45) is 3.70. The molecular weight excluding hydrogens is 601 g/mol. The van der Waals surface area contributed by atoms with Gasteiger partial charge in [-0.1, -0.05) is 23.4 Å². The Morgan fingerprint density at radius 2 is 2.00 bits per heavy atom. The number of nitrogens with one attached hydrogen (secondary N) is 2. The van der Waals surface area contributed by atoms with Gasteiger partial charge >= 0.3 is 6.36 Å². The van der Waals surface area contributed by atoms with Crippen molar-refractivity contribution in [2.75, 3.05) is 0 Å². The van der Waals surface area contributed by atoms with E-state index in [1.807, 2.05) is 0 Å². The van der Waals surface area contributed by atoms with Crippen molar-refractivity contribution in [3.63, 3.8) is 0 Å². The highest BCUT2D eigenvalue weighted by atomic mass is 19.4. The van der Waals surface area contributed by atoms with Crippen LogP contribution in [0.15, 0.2) is 71.1 Å². The van der Waals surface area contributed by atoms with Crippen molar-refractivity contribution in [3.05, 3.63) is 88.7 Å². The number of aliphatic imine (C=N–C) groups is 1. The Morgan fingerprint density at radius 3 is 2.67 bits per heavy atom. The molecule has 0 saturated heterocycles. The number of pyridine rings is 1. The van der Waals surface area contributed by atoms with Crippen LogP contribution in [0.5, 0.6) is 5.75 Å². The Labute approximate surface area is 263 Å². The molecule has 1 aromatic carbocycles. The number of unbranched alkanes of at least 4 members (excludes halogenated alkanes) is 1. The van der Waals surface area contributed by atoms with E-state index < -0.39 is 12.0 Å². The van der Waals surface area contributed by atoms with E-state index in [4.69, 9.17) is 11.1 Å². The van der Waals surface area contributed by atoms with Gasteiger partial charge < -0.3 is 20.9 Å². The van der Waals surface area contributed by atoms with Gasteiger partial charge in [0.05, 0.1) is 17.6 Å². The zero-order valence-electron chi connectivity index (χ0n) is 25.4. The number of aromatic nitrogens is 4. The Balaban J connectivity index is 1.16.